The largest absolute Gasteiger partial charge is 0.313 e. The molecule has 0 amide bonds. The van der Waals surface area contributed by atoms with E-state index in [1.54, 1.807) is 6.21 Å². The minimum absolute atomic E-state index is 0.278. The van der Waals surface area contributed by atoms with Crippen molar-refractivity contribution < 1.29 is 0 Å². The summed E-state index contributed by atoms with van der Waals surface area (Å²) in [7, 11) is 0. The molecule has 0 aromatic heterocycles. The Labute approximate surface area is 50.6 Å². The molecule has 0 radical (unpaired) electrons. The molecule has 1 fully saturated rings. The van der Waals surface area contributed by atoms with Crippen LogP contribution in [-0.4, -0.2) is 6.21 Å². The van der Waals surface area contributed by atoms with E-state index in [0.29, 0.717) is 0 Å². The van der Waals surface area contributed by atoms with Gasteiger partial charge in [-0.2, -0.15) is 0 Å². The van der Waals surface area contributed by atoms with E-state index < -0.39 is 0 Å². The summed E-state index contributed by atoms with van der Waals surface area (Å²) in [6, 6.07) is 0. The third-order valence-electron chi connectivity index (χ3n) is 2.09. The molecular weight excluding hydrogens is 98.1 g/mol. The van der Waals surface area contributed by atoms with Gasteiger partial charge in [0.25, 0.3) is 0 Å². The predicted octanol–water partition coefficient (Wildman–Crippen LogP) is 2.22. The maximum atomic E-state index is 7.07. The van der Waals surface area contributed by atoms with Gasteiger partial charge < -0.3 is 5.41 Å². The van der Waals surface area contributed by atoms with Crippen molar-refractivity contribution in [3.8, 4) is 0 Å². The highest BCUT2D eigenvalue weighted by atomic mass is 14.4. The lowest BCUT2D eigenvalue weighted by molar-refractivity contribution is 0.498. The van der Waals surface area contributed by atoms with E-state index in [0.717, 1.165) is 0 Å². The van der Waals surface area contributed by atoms with Crippen LogP contribution in [0.5, 0.6) is 0 Å². The van der Waals surface area contributed by atoms with Crippen LogP contribution in [0.2, 0.25) is 0 Å². The second kappa shape index (κ2) is 1.88. The van der Waals surface area contributed by atoms with E-state index in [2.05, 4.69) is 6.92 Å². The van der Waals surface area contributed by atoms with Crippen molar-refractivity contribution in [3.63, 3.8) is 0 Å². The van der Waals surface area contributed by atoms with Gasteiger partial charge in [0.1, 0.15) is 0 Å². The Kier molecular flexibility index (Phi) is 1.37. The Morgan fingerprint density at radius 1 is 1.38 bits per heavy atom. The molecule has 0 saturated heterocycles. The van der Waals surface area contributed by atoms with Crippen LogP contribution < -0.4 is 0 Å². The van der Waals surface area contributed by atoms with Crippen LogP contribution in [0.4, 0.5) is 0 Å². The van der Waals surface area contributed by atoms with Crippen LogP contribution in [0.1, 0.15) is 32.6 Å². The highest BCUT2D eigenvalue weighted by Crippen LogP contribution is 2.34. The molecule has 1 aliphatic rings. The molecule has 0 bridgehead atoms. The maximum absolute atomic E-state index is 7.07. The van der Waals surface area contributed by atoms with E-state index in [1.165, 1.54) is 25.7 Å². The molecule has 0 aromatic carbocycles. The fourth-order valence-electron chi connectivity index (χ4n) is 1.33. The maximum Gasteiger partial charge on any atom is 0.00213 e. The van der Waals surface area contributed by atoms with Crippen molar-refractivity contribution in [1.82, 2.24) is 0 Å². The molecule has 1 heteroatoms. The van der Waals surface area contributed by atoms with Gasteiger partial charge in [-0.1, -0.05) is 19.8 Å². The van der Waals surface area contributed by atoms with Crippen LogP contribution in [-0.2, 0) is 0 Å². The molecule has 0 unspecified atom stereocenters. The average Bonchev–Trinajstić information content (AvgIpc) is 2.17. The van der Waals surface area contributed by atoms with Crippen LogP contribution in [0, 0.1) is 10.8 Å². The van der Waals surface area contributed by atoms with E-state index in [9.17, 15) is 0 Å². The van der Waals surface area contributed by atoms with Gasteiger partial charge >= 0.3 is 0 Å². The molecule has 1 N–H and O–H groups in total. The third-order valence-corrected chi connectivity index (χ3v) is 2.09. The molecule has 8 heavy (non-hydrogen) atoms. The van der Waals surface area contributed by atoms with E-state index in [1.807, 2.05) is 0 Å². The van der Waals surface area contributed by atoms with Gasteiger partial charge in [-0.25, -0.2) is 0 Å². The average molecular weight is 111 g/mol. The van der Waals surface area contributed by atoms with Gasteiger partial charge in [-0.3, -0.25) is 0 Å². The quantitative estimate of drug-likeness (QED) is 0.502. The summed E-state index contributed by atoms with van der Waals surface area (Å²) < 4.78 is 0. The summed E-state index contributed by atoms with van der Waals surface area (Å²) in [4.78, 5) is 0. The molecule has 0 spiro atoms. The van der Waals surface area contributed by atoms with Crippen molar-refractivity contribution in [2.75, 3.05) is 0 Å². The zero-order valence-electron chi connectivity index (χ0n) is 5.41. The van der Waals surface area contributed by atoms with Gasteiger partial charge in [0.2, 0.25) is 0 Å². The summed E-state index contributed by atoms with van der Waals surface area (Å²) in [5.41, 5.74) is 0.278. The normalized spacial score (nSPS) is 25.6. The standard InChI is InChI=1S/C7H13N/c1-7(6-8)4-2-3-5-7/h6,8H,2-5H2,1H3. The first kappa shape index (κ1) is 5.80. The fraction of sp³-hybridized carbons (Fsp3) is 0.857. The zero-order chi connectivity index (χ0) is 6.04. The number of nitrogens with one attached hydrogen (secondary N) is 1. The Bertz CT molecular complexity index is 90.6. The van der Waals surface area contributed by atoms with Crippen LogP contribution in [0.15, 0.2) is 0 Å². The molecule has 46 valence electrons. The number of hydrogen-bond acceptors (Lipinski definition) is 1. The molecule has 1 nitrogen and oxygen atoms in total. The number of hydrogen-bond donors (Lipinski definition) is 1. The van der Waals surface area contributed by atoms with Gasteiger partial charge in [-0.05, 0) is 12.8 Å². The highest BCUT2D eigenvalue weighted by molar-refractivity contribution is 5.61. The Morgan fingerprint density at radius 3 is 2.12 bits per heavy atom. The Morgan fingerprint density at radius 2 is 1.88 bits per heavy atom. The van der Waals surface area contributed by atoms with Crippen molar-refractivity contribution >= 4 is 6.21 Å². The van der Waals surface area contributed by atoms with E-state index in [4.69, 9.17) is 5.41 Å². The van der Waals surface area contributed by atoms with Crippen LogP contribution >= 0.6 is 0 Å². The fourth-order valence-corrected chi connectivity index (χ4v) is 1.33. The lowest BCUT2D eigenvalue weighted by Crippen LogP contribution is -2.10. The van der Waals surface area contributed by atoms with Crippen molar-refractivity contribution in [2.45, 2.75) is 32.6 Å². The van der Waals surface area contributed by atoms with Crippen LogP contribution in [0.3, 0.4) is 0 Å². The topological polar surface area (TPSA) is 23.9 Å². The molecule has 0 heterocycles. The summed E-state index contributed by atoms with van der Waals surface area (Å²) >= 11 is 0. The highest BCUT2D eigenvalue weighted by Gasteiger charge is 2.25. The predicted molar refractivity (Wildman–Crippen MR) is 35.4 cm³/mol. The second-order valence-corrected chi connectivity index (χ2v) is 3.01. The lowest BCUT2D eigenvalue weighted by atomic mass is 9.91. The molecular formula is C7H13N. The SMILES string of the molecule is CC1(C=N)CCCC1. The van der Waals surface area contributed by atoms with E-state index >= 15 is 0 Å². The Hall–Kier alpha value is -0.330. The lowest BCUT2D eigenvalue weighted by Gasteiger charge is -2.14. The molecule has 1 aliphatic carbocycles. The molecule has 1 saturated carbocycles. The molecule has 0 aliphatic heterocycles. The van der Waals surface area contributed by atoms with Gasteiger partial charge in [0.15, 0.2) is 0 Å². The second-order valence-electron chi connectivity index (χ2n) is 3.01. The van der Waals surface area contributed by atoms with Crippen molar-refractivity contribution in [2.24, 2.45) is 5.41 Å². The minimum Gasteiger partial charge on any atom is -0.313 e. The van der Waals surface area contributed by atoms with Gasteiger partial charge in [0.05, 0.1) is 0 Å². The molecule has 0 atom stereocenters. The summed E-state index contributed by atoms with van der Waals surface area (Å²) in [5.74, 6) is 0. The van der Waals surface area contributed by atoms with Crippen molar-refractivity contribution in [1.29, 1.82) is 5.41 Å². The summed E-state index contributed by atoms with van der Waals surface area (Å²) in [5, 5.41) is 7.07. The number of rotatable bonds is 1. The first-order valence-corrected chi connectivity index (χ1v) is 3.28. The van der Waals surface area contributed by atoms with Gasteiger partial charge in [0, 0.05) is 11.6 Å². The first-order chi connectivity index (χ1) is 3.77. The van der Waals surface area contributed by atoms with Crippen molar-refractivity contribution in [3.05, 3.63) is 0 Å². The summed E-state index contributed by atoms with van der Waals surface area (Å²) in [6.07, 6.45) is 6.73. The minimum atomic E-state index is 0.278. The van der Waals surface area contributed by atoms with Crippen LogP contribution in [0.25, 0.3) is 0 Å². The summed E-state index contributed by atoms with van der Waals surface area (Å²) in [6.45, 7) is 2.17. The third kappa shape index (κ3) is 0.908. The zero-order valence-corrected chi connectivity index (χ0v) is 5.41. The van der Waals surface area contributed by atoms with E-state index in [-0.39, 0.29) is 5.41 Å². The Balaban J connectivity index is 2.52. The van der Waals surface area contributed by atoms with Gasteiger partial charge in [-0.15, -0.1) is 0 Å². The molecule has 0 aromatic rings. The first-order valence-electron chi connectivity index (χ1n) is 3.28. The smallest absolute Gasteiger partial charge is 0.00213 e. The molecule has 1 rings (SSSR count). The monoisotopic (exact) mass is 111 g/mol.